The number of aryl methyl sites for hydroxylation is 1. The first-order valence-corrected chi connectivity index (χ1v) is 7.25. The molecular formula is C14H11BrCl2N2O. The van der Waals surface area contributed by atoms with Crippen molar-refractivity contribution in [3.05, 3.63) is 56.0 Å². The monoisotopic (exact) mass is 372 g/mol. The first-order valence-electron chi connectivity index (χ1n) is 5.70. The number of carbonyl (C=O) groups is 1. The number of nitrogens with two attached hydrogens (primary N) is 1. The molecule has 1 amide bonds. The SMILES string of the molecule is Cc1cc(N)cc(C(=O)Nc2c(Cl)cc(Br)cc2Cl)c1. The highest BCUT2D eigenvalue weighted by molar-refractivity contribution is 9.10. The Morgan fingerprint density at radius 1 is 1.15 bits per heavy atom. The zero-order chi connectivity index (χ0) is 14.9. The standard InChI is InChI=1S/C14H11BrCl2N2O/c1-7-2-8(4-10(18)3-7)14(20)19-13-11(16)5-9(15)6-12(13)17/h2-6H,18H2,1H3,(H,19,20). The van der Waals surface area contributed by atoms with Crippen molar-refractivity contribution in [1.29, 1.82) is 0 Å². The molecule has 0 aromatic heterocycles. The lowest BCUT2D eigenvalue weighted by Gasteiger charge is -2.11. The average molecular weight is 374 g/mol. The fraction of sp³-hybridized carbons (Fsp3) is 0.0714. The van der Waals surface area contributed by atoms with Crippen molar-refractivity contribution in [2.45, 2.75) is 6.92 Å². The number of nitrogens with one attached hydrogen (secondary N) is 1. The molecule has 104 valence electrons. The van der Waals surface area contributed by atoms with Crippen LogP contribution in [-0.2, 0) is 0 Å². The first-order chi connectivity index (χ1) is 9.36. The molecule has 0 unspecified atom stereocenters. The molecule has 20 heavy (non-hydrogen) atoms. The summed E-state index contributed by atoms with van der Waals surface area (Å²) in [6.45, 7) is 1.87. The summed E-state index contributed by atoms with van der Waals surface area (Å²) in [4.78, 5) is 12.2. The van der Waals surface area contributed by atoms with Crippen LogP contribution in [0, 0.1) is 6.92 Å². The van der Waals surface area contributed by atoms with E-state index >= 15 is 0 Å². The number of rotatable bonds is 2. The van der Waals surface area contributed by atoms with E-state index in [9.17, 15) is 4.79 Å². The van der Waals surface area contributed by atoms with Crippen molar-refractivity contribution in [3.63, 3.8) is 0 Å². The molecule has 0 aliphatic heterocycles. The number of anilines is 2. The fourth-order valence-electron chi connectivity index (χ4n) is 1.79. The highest BCUT2D eigenvalue weighted by atomic mass is 79.9. The number of hydrogen-bond donors (Lipinski definition) is 2. The van der Waals surface area contributed by atoms with Gasteiger partial charge >= 0.3 is 0 Å². The maximum atomic E-state index is 12.2. The number of carbonyl (C=O) groups excluding carboxylic acids is 1. The van der Waals surface area contributed by atoms with Crippen LogP contribution in [0.25, 0.3) is 0 Å². The molecule has 0 spiro atoms. The van der Waals surface area contributed by atoms with Crippen LogP contribution in [0.4, 0.5) is 11.4 Å². The van der Waals surface area contributed by atoms with Gasteiger partial charge in [-0.2, -0.15) is 0 Å². The summed E-state index contributed by atoms with van der Waals surface area (Å²) in [7, 11) is 0. The molecule has 6 heteroatoms. The summed E-state index contributed by atoms with van der Waals surface area (Å²) in [5, 5.41) is 3.42. The van der Waals surface area contributed by atoms with Crippen LogP contribution in [0.2, 0.25) is 10.0 Å². The van der Waals surface area contributed by atoms with E-state index in [2.05, 4.69) is 21.2 Å². The second-order valence-electron chi connectivity index (χ2n) is 4.33. The molecule has 0 aliphatic carbocycles. The Bertz CT molecular complexity index is 646. The number of benzene rings is 2. The van der Waals surface area contributed by atoms with Gasteiger partial charge in [-0.1, -0.05) is 39.1 Å². The quantitative estimate of drug-likeness (QED) is 0.735. The maximum Gasteiger partial charge on any atom is 0.255 e. The van der Waals surface area contributed by atoms with E-state index in [0.717, 1.165) is 10.0 Å². The predicted molar refractivity (Wildman–Crippen MR) is 87.7 cm³/mol. The number of halogens is 3. The Morgan fingerprint density at radius 3 is 2.30 bits per heavy atom. The van der Waals surface area contributed by atoms with E-state index in [1.54, 1.807) is 30.3 Å². The van der Waals surface area contributed by atoms with Gasteiger partial charge in [-0.05, 0) is 42.8 Å². The molecule has 2 aromatic carbocycles. The van der Waals surface area contributed by atoms with Gasteiger partial charge < -0.3 is 11.1 Å². The molecule has 0 saturated heterocycles. The topological polar surface area (TPSA) is 55.1 Å². The third-order valence-electron chi connectivity index (χ3n) is 2.61. The van der Waals surface area contributed by atoms with E-state index in [0.29, 0.717) is 27.0 Å². The van der Waals surface area contributed by atoms with E-state index in [4.69, 9.17) is 28.9 Å². The first kappa shape index (κ1) is 15.2. The normalized spacial score (nSPS) is 10.4. The summed E-state index contributed by atoms with van der Waals surface area (Å²) < 4.78 is 0.741. The zero-order valence-electron chi connectivity index (χ0n) is 10.5. The molecule has 0 heterocycles. The Kier molecular flexibility index (Phi) is 4.58. The van der Waals surface area contributed by atoms with Crippen LogP contribution in [0.15, 0.2) is 34.8 Å². The number of amides is 1. The van der Waals surface area contributed by atoms with Crippen LogP contribution in [0.5, 0.6) is 0 Å². The smallest absolute Gasteiger partial charge is 0.255 e. The molecule has 0 bridgehead atoms. The van der Waals surface area contributed by atoms with Crippen LogP contribution < -0.4 is 11.1 Å². The van der Waals surface area contributed by atoms with Gasteiger partial charge in [-0.15, -0.1) is 0 Å². The molecule has 0 atom stereocenters. The Hall–Kier alpha value is -1.23. The van der Waals surface area contributed by atoms with Gasteiger partial charge in [0.25, 0.3) is 5.91 Å². The Morgan fingerprint density at radius 2 is 1.75 bits per heavy atom. The van der Waals surface area contributed by atoms with Gasteiger partial charge in [-0.25, -0.2) is 0 Å². The summed E-state index contributed by atoms with van der Waals surface area (Å²) in [6, 6.07) is 8.45. The fourth-order valence-corrected chi connectivity index (χ4v) is 3.09. The van der Waals surface area contributed by atoms with Crippen molar-refractivity contribution >= 4 is 56.4 Å². The highest BCUT2D eigenvalue weighted by Gasteiger charge is 2.13. The predicted octanol–water partition coefficient (Wildman–Crippen LogP) is 4.90. The molecule has 3 N–H and O–H groups in total. The van der Waals surface area contributed by atoms with Crippen molar-refractivity contribution in [3.8, 4) is 0 Å². The molecule has 0 fully saturated rings. The van der Waals surface area contributed by atoms with E-state index < -0.39 is 0 Å². The summed E-state index contributed by atoms with van der Waals surface area (Å²) in [6.07, 6.45) is 0. The second kappa shape index (κ2) is 6.04. The number of nitrogen functional groups attached to an aromatic ring is 1. The van der Waals surface area contributed by atoms with Crippen LogP contribution in [0.1, 0.15) is 15.9 Å². The molecule has 0 aliphatic rings. The minimum Gasteiger partial charge on any atom is -0.399 e. The largest absolute Gasteiger partial charge is 0.399 e. The van der Waals surface area contributed by atoms with Gasteiger partial charge in [-0.3, -0.25) is 4.79 Å². The molecule has 3 nitrogen and oxygen atoms in total. The van der Waals surface area contributed by atoms with Crippen molar-refractivity contribution < 1.29 is 4.79 Å². The Labute approximate surface area is 135 Å². The lowest BCUT2D eigenvalue weighted by molar-refractivity contribution is 0.102. The highest BCUT2D eigenvalue weighted by Crippen LogP contribution is 2.34. The molecule has 0 radical (unpaired) electrons. The van der Waals surface area contributed by atoms with Crippen LogP contribution in [-0.4, -0.2) is 5.91 Å². The summed E-state index contributed by atoms with van der Waals surface area (Å²) in [5.74, 6) is -0.313. The second-order valence-corrected chi connectivity index (χ2v) is 6.06. The minimum absolute atomic E-state index is 0.313. The molecular weight excluding hydrogens is 363 g/mol. The van der Waals surface area contributed by atoms with Crippen LogP contribution >= 0.6 is 39.1 Å². The van der Waals surface area contributed by atoms with E-state index in [-0.39, 0.29) is 5.91 Å². The summed E-state index contributed by atoms with van der Waals surface area (Å²) in [5.41, 5.74) is 8.00. The number of hydrogen-bond acceptors (Lipinski definition) is 2. The zero-order valence-corrected chi connectivity index (χ0v) is 13.6. The van der Waals surface area contributed by atoms with Gasteiger partial charge in [0.15, 0.2) is 0 Å². The lowest BCUT2D eigenvalue weighted by Crippen LogP contribution is -2.13. The van der Waals surface area contributed by atoms with E-state index in [1.807, 2.05) is 6.92 Å². The van der Waals surface area contributed by atoms with Gasteiger partial charge in [0, 0.05) is 15.7 Å². The lowest BCUT2D eigenvalue weighted by atomic mass is 10.1. The van der Waals surface area contributed by atoms with Crippen LogP contribution in [0.3, 0.4) is 0 Å². The van der Waals surface area contributed by atoms with Crippen molar-refractivity contribution in [2.24, 2.45) is 0 Å². The summed E-state index contributed by atoms with van der Waals surface area (Å²) >= 11 is 15.4. The van der Waals surface area contributed by atoms with Crippen molar-refractivity contribution in [2.75, 3.05) is 11.1 Å². The van der Waals surface area contributed by atoms with Gasteiger partial charge in [0.05, 0.1) is 15.7 Å². The third kappa shape index (κ3) is 3.45. The average Bonchev–Trinajstić information content (AvgIpc) is 2.32. The maximum absolute atomic E-state index is 12.2. The van der Waals surface area contributed by atoms with E-state index in [1.165, 1.54) is 0 Å². The van der Waals surface area contributed by atoms with Gasteiger partial charge in [0.1, 0.15) is 0 Å². The molecule has 0 saturated carbocycles. The molecule has 2 aromatic rings. The third-order valence-corrected chi connectivity index (χ3v) is 3.66. The molecule has 2 rings (SSSR count). The minimum atomic E-state index is -0.313. The Balaban J connectivity index is 2.32. The van der Waals surface area contributed by atoms with Gasteiger partial charge in [0.2, 0.25) is 0 Å². The van der Waals surface area contributed by atoms with Crippen molar-refractivity contribution in [1.82, 2.24) is 0 Å².